The van der Waals surface area contributed by atoms with E-state index in [-0.39, 0.29) is 12.5 Å². The number of nitrogens with zero attached hydrogens (tertiary/aromatic N) is 3. The monoisotopic (exact) mass is 498 g/mol. The normalized spacial score (nSPS) is 13.8. The van der Waals surface area contributed by atoms with Gasteiger partial charge in [-0.2, -0.15) is 0 Å². The lowest BCUT2D eigenvalue weighted by Gasteiger charge is -2.19. The Morgan fingerprint density at radius 3 is 2.78 bits per heavy atom. The van der Waals surface area contributed by atoms with Crippen molar-refractivity contribution in [2.45, 2.75) is 38.3 Å². The summed E-state index contributed by atoms with van der Waals surface area (Å²) >= 11 is 0. The first-order valence-corrected chi connectivity index (χ1v) is 12.9. The van der Waals surface area contributed by atoms with Crippen molar-refractivity contribution in [1.29, 1.82) is 0 Å². The van der Waals surface area contributed by atoms with E-state index in [1.54, 1.807) is 0 Å². The Labute approximate surface area is 217 Å². The molecule has 0 saturated heterocycles. The van der Waals surface area contributed by atoms with Crippen LogP contribution in [0.4, 0.5) is 5.82 Å². The first kappa shape index (κ1) is 24.8. The van der Waals surface area contributed by atoms with E-state index in [2.05, 4.69) is 39.2 Å². The fourth-order valence-electron chi connectivity index (χ4n) is 5.12. The molecule has 2 N–H and O–H groups in total. The van der Waals surface area contributed by atoms with Crippen LogP contribution in [-0.4, -0.2) is 52.8 Å². The number of ether oxygens (including phenoxy) is 1. The first-order valence-electron chi connectivity index (χ1n) is 12.9. The number of aromatic nitrogens is 2. The van der Waals surface area contributed by atoms with Crippen molar-refractivity contribution in [3.63, 3.8) is 0 Å². The summed E-state index contributed by atoms with van der Waals surface area (Å²) in [6, 6.07) is 19.9. The maximum absolute atomic E-state index is 11.8. The zero-order valence-electron chi connectivity index (χ0n) is 21.5. The second kappa shape index (κ2) is 11.0. The van der Waals surface area contributed by atoms with Crippen molar-refractivity contribution in [3.8, 4) is 5.75 Å². The van der Waals surface area contributed by atoms with Crippen LogP contribution in [0.3, 0.4) is 0 Å². The number of fused-ring (bicyclic) bond motifs is 2. The number of pyridine rings is 1. The molecule has 0 radical (unpaired) electrons. The number of benzene rings is 2. The van der Waals surface area contributed by atoms with Gasteiger partial charge in [0.25, 0.3) is 0 Å². The number of aryl methyl sites for hydroxylation is 1. The first-order chi connectivity index (χ1) is 18.0. The van der Waals surface area contributed by atoms with Crippen LogP contribution in [0.15, 0.2) is 66.9 Å². The van der Waals surface area contributed by atoms with Crippen LogP contribution in [0.5, 0.6) is 5.75 Å². The van der Waals surface area contributed by atoms with Gasteiger partial charge in [0.05, 0.1) is 19.1 Å². The quantitative estimate of drug-likeness (QED) is 0.315. The van der Waals surface area contributed by atoms with Crippen LogP contribution in [0, 0.1) is 0 Å². The van der Waals surface area contributed by atoms with Crippen LogP contribution in [0.2, 0.25) is 0 Å². The number of hydrogen-bond donors (Lipinski definition) is 2. The van der Waals surface area contributed by atoms with Crippen molar-refractivity contribution in [2.24, 2.45) is 0 Å². The number of anilines is 1. The fourth-order valence-corrected chi connectivity index (χ4v) is 5.12. The molecule has 1 aliphatic heterocycles. The molecule has 5 rings (SSSR count). The minimum Gasteiger partial charge on any atom is -0.493 e. The van der Waals surface area contributed by atoms with Crippen molar-refractivity contribution >= 4 is 22.7 Å². The molecule has 37 heavy (non-hydrogen) atoms. The molecule has 3 heterocycles. The van der Waals surface area contributed by atoms with Crippen molar-refractivity contribution in [2.75, 3.05) is 32.6 Å². The maximum atomic E-state index is 11.8. The summed E-state index contributed by atoms with van der Waals surface area (Å²) in [6.45, 7) is 2.26. The van der Waals surface area contributed by atoms with Gasteiger partial charge in [0, 0.05) is 42.3 Å². The van der Waals surface area contributed by atoms with Crippen LogP contribution in [0.1, 0.15) is 41.3 Å². The molecule has 1 aliphatic rings. The van der Waals surface area contributed by atoms with Gasteiger partial charge in [-0.05, 0) is 67.9 Å². The Morgan fingerprint density at radius 1 is 1.16 bits per heavy atom. The predicted octanol–water partition coefficient (Wildman–Crippen LogP) is 5.14. The van der Waals surface area contributed by atoms with Crippen molar-refractivity contribution in [3.05, 3.63) is 89.2 Å². The summed E-state index contributed by atoms with van der Waals surface area (Å²) in [6.07, 6.45) is 5.07. The maximum Gasteiger partial charge on any atom is 0.305 e. The number of carbonyl (C=O) groups is 1. The van der Waals surface area contributed by atoms with Gasteiger partial charge in [0.2, 0.25) is 0 Å². The van der Waals surface area contributed by atoms with Crippen LogP contribution < -0.4 is 10.1 Å². The van der Waals surface area contributed by atoms with Crippen LogP contribution >= 0.6 is 0 Å². The third kappa shape index (κ3) is 5.78. The average molecular weight is 499 g/mol. The van der Waals surface area contributed by atoms with E-state index in [0.29, 0.717) is 6.61 Å². The molecule has 2 aromatic heterocycles. The van der Waals surface area contributed by atoms with Crippen molar-refractivity contribution < 1.29 is 14.6 Å². The topological polar surface area (TPSA) is 79.6 Å². The Morgan fingerprint density at radius 2 is 2.00 bits per heavy atom. The standard InChI is InChI=1S/C30H34N4O3/c1-33(2)19-23-20-34(28(18-29(35)36)21-7-4-3-5-8-21)27-13-12-25(17-26(23)27)37-16-14-24-11-10-22-9-6-15-31-30(22)32-24/h3-5,7-8,10-13,17,20,28H,6,9,14-16,18-19H2,1-2H3,(H,31,32)(H,35,36). The van der Waals surface area contributed by atoms with Gasteiger partial charge < -0.3 is 24.6 Å². The average Bonchev–Trinajstić information content (AvgIpc) is 3.24. The van der Waals surface area contributed by atoms with E-state index < -0.39 is 5.97 Å². The second-order valence-electron chi connectivity index (χ2n) is 9.94. The molecule has 7 heteroatoms. The molecule has 1 unspecified atom stereocenters. The van der Waals surface area contributed by atoms with E-state index in [4.69, 9.17) is 9.72 Å². The van der Waals surface area contributed by atoms with Gasteiger partial charge in [-0.1, -0.05) is 36.4 Å². The third-order valence-corrected chi connectivity index (χ3v) is 6.84. The molecule has 0 saturated carbocycles. The Bertz CT molecular complexity index is 1380. The third-order valence-electron chi connectivity index (χ3n) is 6.84. The highest BCUT2D eigenvalue weighted by molar-refractivity contribution is 5.86. The number of carboxylic acid groups (broad SMARTS) is 1. The summed E-state index contributed by atoms with van der Waals surface area (Å²) in [7, 11) is 4.08. The molecule has 1 atom stereocenters. The largest absolute Gasteiger partial charge is 0.493 e. The zero-order chi connectivity index (χ0) is 25.8. The highest BCUT2D eigenvalue weighted by Crippen LogP contribution is 2.33. The van der Waals surface area contributed by atoms with Crippen molar-refractivity contribution in [1.82, 2.24) is 14.5 Å². The van der Waals surface area contributed by atoms with E-state index >= 15 is 0 Å². The lowest BCUT2D eigenvalue weighted by Crippen LogP contribution is -2.15. The minimum absolute atomic E-state index is 0.0100. The van der Waals surface area contributed by atoms with Gasteiger partial charge in [-0.25, -0.2) is 4.98 Å². The minimum atomic E-state index is -0.823. The van der Waals surface area contributed by atoms with Crippen LogP contribution in [0.25, 0.3) is 10.9 Å². The second-order valence-corrected chi connectivity index (χ2v) is 9.94. The molecule has 192 valence electrons. The SMILES string of the molecule is CN(C)Cc1cn(C(CC(=O)O)c2ccccc2)c2ccc(OCCc3ccc4c(n3)NCCC4)cc12. The summed E-state index contributed by atoms with van der Waals surface area (Å²) in [5, 5.41) is 14.2. The molecular formula is C30H34N4O3. The number of aliphatic carboxylic acids is 1. The lowest BCUT2D eigenvalue weighted by atomic mass is 10.0. The fraction of sp³-hybridized carbons (Fsp3) is 0.333. The van der Waals surface area contributed by atoms with Crippen LogP contribution in [-0.2, 0) is 24.2 Å². The zero-order valence-corrected chi connectivity index (χ0v) is 21.5. The Kier molecular flexibility index (Phi) is 7.42. The summed E-state index contributed by atoms with van der Waals surface area (Å²) in [4.78, 5) is 18.7. The highest BCUT2D eigenvalue weighted by atomic mass is 16.5. The number of hydrogen-bond acceptors (Lipinski definition) is 5. The Balaban J connectivity index is 1.40. The molecule has 0 spiro atoms. The smallest absolute Gasteiger partial charge is 0.305 e. The predicted molar refractivity (Wildman–Crippen MR) is 146 cm³/mol. The molecule has 0 bridgehead atoms. The number of nitrogens with one attached hydrogen (secondary N) is 1. The molecule has 0 aliphatic carbocycles. The number of rotatable bonds is 10. The summed E-state index contributed by atoms with van der Waals surface area (Å²) < 4.78 is 8.27. The molecule has 0 fully saturated rings. The summed E-state index contributed by atoms with van der Waals surface area (Å²) in [5.41, 5.74) is 5.43. The van der Waals surface area contributed by atoms with E-state index in [0.717, 1.165) is 71.6 Å². The molecule has 4 aromatic rings. The lowest BCUT2D eigenvalue weighted by molar-refractivity contribution is -0.137. The van der Waals surface area contributed by atoms with Gasteiger partial charge in [0.1, 0.15) is 11.6 Å². The van der Waals surface area contributed by atoms with Gasteiger partial charge >= 0.3 is 5.97 Å². The van der Waals surface area contributed by atoms with E-state index in [9.17, 15) is 9.90 Å². The van der Waals surface area contributed by atoms with E-state index in [1.807, 2.05) is 56.6 Å². The molecule has 7 nitrogen and oxygen atoms in total. The number of carboxylic acids is 1. The molecular weight excluding hydrogens is 464 g/mol. The van der Waals surface area contributed by atoms with E-state index in [1.165, 1.54) is 5.56 Å². The highest BCUT2D eigenvalue weighted by Gasteiger charge is 2.21. The summed E-state index contributed by atoms with van der Waals surface area (Å²) in [5.74, 6) is 0.987. The van der Waals surface area contributed by atoms with Gasteiger partial charge in [-0.3, -0.25) is 4.79 Å². The Hall–Kier alpha value is -3.84. The molecule has 2 aromatic carbocycles. The molecule has 0 amide bonds. The van der Waals surface area contributed by atoms with Gasteiger partial charge in [-0.15, -0.1) is 0 Å². The van der Waals surface area contributed by atoms with Gasteiger partial charge in [0.15, 0.2) is 0 Å².